The van der Waals surface area contributed by atoms with Gasteiger partial charge in [-0.2, -0.15) is 5.10 Å². The van der Waals surface area contributed by atoms with Gasteiger partial charge in [-0.05, 0) is 31.5 Å². The third kappa shape index (κ3) is 3.36. The fraction of sp³-hybridized carbons (Fsp3) is 0.400. The minimum Gasteiger partial charge on any atom is -0.383 e. The maximum absolute atomic E-state index is 3.98. The highest BCUT2D eigenvalue weighted by Gasteiger charge is 2.03. The maximum Gasteiger partial charge on any atom is 0.0650 e. The SMILES string of the molecule is CCCCC(C)Nc1cccc(-c2ccn[nH]2)c1. The van der Waals surface area contributed by atoms with Gasteiger partial charge in [0, 0.05) is 23.5 Å². The molecule has 0 saturated heterocycles. The maximum atomic E-state index is 3.98. The summed E-state index contributed by atoms with van der Waals surface area (Å²) in [6.45, 7) is 4.46. The highest BCUT2D eigenvalue weighted by molar-refractivity contribution is 5.64. The number of anilines is 1. The lowest BCUT2D eigenvalue weighted by molar-refractivity contribution is 0.645. The van der Waals surface area contributed by atoms with E-state index in [0.29, 0.717) is 6.04 Å². The quantitative estimate of drug-likeness (QED) is 0.803. The van der Waals surface area contributed by atoms with Crippen molar-refractivity contribution in [1.82, 2.24) is 10.2 Å². The zero-order valence-corrected chi connectivity index (χ0v) is 11.1. The van der Waals surface area contributed by atoms with Gasteiger partial charge in [0.2, 0.25) is 0 Å². The number of unbranched alkanes of at least 4 members (excludes halogenated alkanes) is 1. The Morgan fingerprint density at radius 2 is 2.22 bits per heavy atom. The van der Waals surface area contributed by atoms with Crippen molar-refractivity contribution in [3.8, 4) is 11.3 Å². The topological polar surface area (TPSA) is 40.7 Å². The van der Waals surface area contributed by atoms with E-state index in [9.17, 15) is 0 Å². The van der Waals surface area contributed by atoms with Crippen LogP contribution in [-0.2, 0) is 0 Å². The largest absolute Gasteiger partial charge is 0.383 e. The first-order valence-corrected chi connectivity index (χ1v) is 6.66. The van der Waals surface area contributed by atoms with E-state index in [4.69, 9.17) is 0 Å². The number of nitrogens with zero attached hydrogens (tertiary/aromatic N) is 1. The van der Waals surface area contributed by atoms with Crippen LogP contribution in [0.4, 0.5) is 5.69 Å². The molecule has 0 aliphatic carbocycles. The van der Waals surface area contributed by atoms with Crippen LogP contribution in [0, 0.1) is 0 Å². The predicted octanol–water partition coefficient (Wildman–Crippen LogP) is 4.07. The van der Waals surface area contributed by atoms with Crippen molar-refractivity contribution in [3.05, 3.63) is 36.5 Å². The van der Waals surface area contributed by atoms with E-state index >= 15 is 0 Å². The molecule has 3 nitrogen and oxygen atoms in total. The van der Waals surface area contributed by atoms with Crippen LogP contribution >= 0.6 is 0 Å². The molecule has 2 aromatic rings. The smallest absolute Gasteiger partial charge is 0.0650 e. The van der Waals surface area contributed by atoms with Gasteiger partial charge < -0.3 is 5.32 Å². The number of hydrogen-bond acceptors (Lipinski definition) is 2. The molecule has 2 rings (SSSR count). The average Bonchev–Trinajstić information content (AvgIpc) is 2.90. The van der Waals surface area contributed by atoms with Crippen molar-refractivity contribution in [1.29, 1.82) is 0 Å². The number of aromatic amines is 1. The van der Waals surface area contributed by atoms with Crippen LogP contribution in [0.2, 0.25) is 0 Å². The first kappa shape index (κ1) is 12.7. The second kappa shape index (κ2) is 6.24. The molecule has 0 saturated carbocycles. The number of nitrogens with one attached hydrogen (secondary N) is 2. The van der Waals surface area contributed by atoms with Crippen LogP contribution < -0.4 is 5.32 Å². The summed E-state index contributed by atoms with van der Waals surface area (Å²) >= 11 is 0. The number of hydrogen-bond donors (Lipinski definition) is 2. The van der Waals surface area contributed by atoms with Gasteiger partial charge in [0.05, 0.1) is 5.69 Å². The third-order valence-corrected chi connectivity index (χ3v) is 3.08. The number of benzene rings is 1. The number of rotatable bonds is 6. The van der Waals surface area contributed by atoms with Crippen LogP contribution in [0.5, 0.6) is 0 Å². The summed E-state index contributed by atoms with van der Waals surface area (Å²) in [7, 11) is 0. The van der Waals surface area contributed by atoms with Crippen LogP contribution in [0.3, 0.4) is 0 Å². The molecule has 1 heterocycles. The third-order valence-electron chi connectivity index (χ3n) is 3.08. The minimum atomic E-state index is 0.516. The molecule has 1 atom stereocenters. The Kier molecular flexibility index (Phi) is 4.40. The van der Waals surface area contributed by atoms with E-state index < -0.39 is 0 Å². The zero-order chi connectivity index (χ0) is 12.8. The van der Waals surface area contributed by atoms with Crippen LogP contribution in [0.15, 0.2) is 36.5 Å². The summed E-state index contributed by atoms with van der Waals surface area (Å²) in [5, 5.41) is 10.5. The molecule has 18 heavy (non-hydrogen) atoms. The normalized spacial score (nSPS) is 12.3. The Hall–Kier alpha value is -1.77. The first-order chi connectivity index (χ1) is 8.79. The van der Waals surface area contributed by atoms with Gasteiger partial charge in [0.15, 0.2) is 0 Å². The van der Waals surface area contributed by atoms with E-state index in [1.54, 1.807) is 6.20 Å². The molecule has 0 bridgehead atoms. The molecular weight excluding hydrogens is 222 g/mol. The van der Waals surface area contributed by atoms with Gasteiger partial charge in [-0.1, -0.05) is 31.9 Å². The fourth-order valence-electron chi connectivity index (χ4n) is 2.06. The highest BCUT2D eigenvalue weighted by Crippen LogP contribution is 2.21. The summed E-state index contributed by atoms with van der Waals surface area (Å²) in [6, 6.07) is 10.9. The van der Waals surface area contributed by atoms with Crippen molar-refractivity contribution in [2.75, 3.05) is 5.32 Å². The summed E-state index contributed by atoms with van der Waals surface area (Å²) < 4.78 is 0. The lowest BCUT2D eigenvalue weighted by atomic mass is 10.1. The van der Waals surface area contributed by atoms with E-state index in [-0.39, 0.29) is 0 Å². The summed E-state index contributed by atoms with van der Waals surface area (Å²) in [5.74, 6) is 0. The Bertz CT molecular complexity index is 462. The van der Waals surface area contributed by atoms with Gasteiger partial charge in [-0.3, -0.25) is 5.10 Å². The summed E-state index contributed by atoms with van der Waals surface area (Å²) in [4.78, 5) is 0. The molecule has 2 N–H and O–H groups in total. The number of H-pyrrole nitrogens is 1. The predicted molar refractivity (Wildman–Crippen MR) is 76.6 cm³/mol. The Balaban J connectivity index is 2.03. The van der Waals surface area contributed by atoms with Crippen molar-refractivity contribution in [2.45, 2.75) is 39.2 Å². The average molecular weight is 243 g/mol. The van der Waals surface area contributed by atoms with Gasteiger partial charge in [-0.15, -0.1) is 0 Å². The zero-order valence-electron chi connectivity index (χ0n) is 11.1. The molecule has 1 unspecified atom stereocenters. The summed E-state index contributed by atoms with van der Waals surface area (Å²) in [5.41, 5.74) is 3.39. The molecule has 0 spiro atoms. The monoisotopic (exact) mass is 243 g/mol. The van der Waals surface area contributed by atoms with Gasteiger partial charge in [0.1, 0.15) is 0 Å². The van der Waals surface area contributed by atoms with Crippen LogP contribution in [0.25, 0.3) is 11.3 Å². The molecule has 96 valence electrons. The first-order valence-electron chi connectivity index (χ1n) is 6.66. The second-order valence-corrected chi connectivity index (χ2v) is 4.74. The standard InChI is InChI=1S/C15H21N3/c1-3-4-6-12(2)17-14-8-5-7-13(11-14)15-9-10-16-18-15/h5,7-12,17H,3-4,6H2,1-2H3,(H,16,18). The molecule has 1 aromatic carbocycles. The second-order valence-electron chi connectivity index (χ2n) is 4.74. The van der Waals surface area contributed by atoms with Gasteiger partial charge in [-0.25, -0.2) is 0 Å². The molecule has 0 aliphatic rings. The molecule has 0 aliphatic heterocycles. The van der Waals surface area contributed by atoms with Gasteiger partial charge in [0.25, 0.3) is 0 Å². The molecule has 1 aromatic heterocycles. The van der Waals surface area contributed by atoms with Crippen LogP contribution in [0.1, 0.15) is 33.1 Å². The van der Waals surface area contributed by atoms with E-state index in [0.717, 1.165) is 5.69 Å². The Morgan fingerprint density at radius 1 is 1.33 bits per heavy atom. The molecule has 0 amide bonds. The summed E-state index contributed by atoms with van der Waals surface area (Å²) in [6.07, 6.45) is 5.51. The van der Waals surface area contributed by atoms with Crippen molar-refractivity contribution < 1.29 is 0 Å². The van der Waals surface area contributed by atoms with Crippen molar-refractivity contribution >= 4 is 5.69 Å². The van der Waals surface area contributed by atoms with E-state index in [1.807, 2.05) is 6.07 Å². The molecule has 3 heteroatoms. The highest BCUT2D eigenvalue weighted by atomic mass is 15.1. The Morgan fingerprint density at radius 3 is 2.94 bits per heavy atom. The molecular formula is C15H21N3. The Labute approximate surface area is 109 Å². The fourth-order valence-corrected chi connectivity index (χ4v) is 2.06. The lowest BCUT2D eigenvalue weighted by Crippen LogP contribution is -2.14. The minimum absolute atomic E-state index is 0.516. The van der Waals surface area contributed by atoms with Gasteiger partial charge >= 0.3 is 0 Å². The lowest BCUT2D eigenvalue weighted by Gasteiger charge is -2.15. The molecule has 0 fully saturated rings. The van der Waals surface area contributed by atoms with Crippen LogP contribution in [-0.4, -0.2) is 16.2 Å². The van der Waals surface area contributed by atoms with Crippen molar-refractivity contribution in [2.24, 2.45) is 0 Å². The molecule has 0 radical (unpaired) electrons. The van der Waals surface area contributed by atoms with E-state index in [1.165, 1.54) is 30.5 Å². The van der Waals surface area contributed by atoms with Crippen molar-refractivity contribution in [3.63, 3.8) is 0 Å². The van der Waals surface area contributed by atoms with E-state index in [2.05, 4.69) is 53.6 Å². The number of aromatic nitrogens is 2.